The maximum absolute atomic E-state index is 13.1. The lowest BCUT2D eigenvalue weighted by Gasteiger charge is -2.47. The number of aliphatic hydroxyl groups excluding tert-OH is 1. The summed E-state index contributed by atoms with van der Waals surface area (Å²) in [6.45, 7) is 12.3. The molecule has 1 amide bonds. The zero-order chi connectivity index (χ0) is 25.7. The molecule has 1 saturated heterocycles. The molecular formula is C26H31NO8. The van der Waals surface area contributed by atoms with E-state index in [9.17, 15) is 19.5 Å². The molecule has 4 unspecified atom stereocenters. The molecule has 2 aliphatic heterocycles. The molecule has 9 heteroatoms. The van der Waals surface area contributed by atoms with Gasteiger partial charge >= 0.3 is 12.1 Å². The summed E-state index contributed by atoms with van der Waals surface area (Å²) < 4.78 is 21.4. The number of hydrogen-bond donors (Lipinski definition) is 1. The fourth-order valence-corrected chi connectivity index (χ4v) is 4.54. The number of amides is 1. The molecule has 3 rings (SSSR count). The number of carbonyl (C=O) groups is 3. The molecule has 0 aromatic heterocycles. The van der Waals surface area contributed by atoms with Crippen LogP contribution in [-0.4, -0.2) is 60.0 Å². The van der Waals surface area contributed by atoms with Gasteiger partial charge < -0.3 is 29.0 Å². The third-order valence-corrected chi connectivity index (χ3v) is 6.38. The van der Waals surface area contributed by atoms with E-state index in [4.69, 9.17) is 18.9 Å². The molecule has 2 aliphatic rings. The molecule has 1 aromatic carbocycles. The monoisotopic (exact) mass is 485 g/mol. The maximum Gasteiger partial charge on any atom is 0.508 e. The topological polar surface area (TPSA) is 112 Å². The van der Waals surface area contributed by atoms with Crippen molar-refractivity contribution in [1.29, 1.82) is 0 Å². The van der Waals surface area contributed by atoms with Crippen LogP contribution in [0.4, 0.5) is 4.79 Å². The van der Waals surface area contributed by atoms with Gasteiger partial charge in [0.2, 0.25) is 5.91 Å². The van der Waals surface area contributed by atoms with Crippen LogP contribution in [0.3, 0.4) is 0 Å². The minimum absolute atomic E-state index is 0.00461. The van der Waals surface area contributed by atoms with Gasteiger partial charge in [0.15, 0.2) is 0 Å². The van der Waals surface area contributed by atoms with Crippen LogP contribution in [0.5, 0.6) is 5.75 Å². The first-order valence-electron chi connectivity index (χ1n) is 11.4. The molecule has 9 nitrogen and oxygen atoms in total. The Labute approximate surface area is 204 Å². The van der Waals surface area contributed by atoms with Crippen molar-refractivity contribution in [3.63, 3.8) is 0 Å². The van der Waals surface area contributed by atoms with Gasteiger partial charge in [-0.1, -0.05) is 44.4 Å². The van der Waals surface area contributed by atoms with Crippen molar-refractivity contribution in [3.8, 4) is 5.75 Å². The second kappa shape index (κ2) is 11.2. The lowest BCUT2D eigenvalue weighted by Crippen LogP contribution is -2.64. The van der Waals surface area contributed by atoms with Crippen LogP contribution < -0.4 is 4.74 Å². The van der Waals surface area contributed by atoms with Crippen molar-refractivity contribution in [2.75, 3.05) is 19.8 Å². The van der Waals surface area contributed by atoms with Gasteiger partial charge in [-0.05, 0) is 31.0 Å². The lowest BCUT2D eigenvalue weighted by molar-refractivity contribution is -0.164. The Bertz CT molecular complexity index is 1050. The van der Waals surface area contributed by atoms with Crippen LogP contribution >= 0.6 is 0 Å². The van der Waals surface area contributed by atoms with E-state index in [1.54, 1.807) is 25.1 Å². The van der Waals surface area contributed by atoms with Crippen molar-refractivity contribution < 1.29 is 38.4 Å². The maximum atomic E-state index is 13.1. The van der Waals surface area contributed by atoms with Gasteiger partial charge in [0, 0.05) is 11.5 Å². The van der Waals surface area contributed by atoms with Gasteiger partial charge in [-0.15, -0.1) is 0 Å². The molecule has 0 spiro atoms. The van der Waals surface area contributed by atoms with Gasteiger partial charge in [0.1, 0.15) is 37.4 Å². The average molecular weight is 486 g/mol. The molecule has 2 heterocycles. The summed E-state index contributed by atoms with van der Waals surface area (Å²) in [5.41, 5.74) is 2.27. The summed E-state index contributed by atoms with van der Waals surface area (Å²) in [5, 5.41) is 9.53. The normalized spacial score (nSPS) is 21.5. The summed E-state index contributed by atoms with van der Waals surface area (Å²) in [7, 11) is 0. The van der Waals surface area contributed by atoms with Crippen LogP contribution in [0.2, 0.25) is 0 Å². The van der Waals surface area contributed by atoms with E-state index in [2.05, 4.69) is 13.2 Å². The first-order chi connectivity index (χ1) is 16.8. The standard InChI is InChI=1S/C26H31NO8/c1-6-11-32-25(30)23-19(14-34-20-10-8-9-18(13-28)15(20)3)16(4)22-21(24(29)27(22)23)17(5)35-26(31)33-12-7-2/h6-10,16-17,21-22,28H,1-2,11-14H2,3-5H3. The highest BCUT2D eigenvalue weighted by atomic mass is 16.7. The minimum atomic E-state index is -0.893. The van der Waals surface area contributed by atoms with Crippen LogP contribution in [0.25, 0.3) is 0 Å². The van der Waals surface area contributed by atoms with Crippen molar-refractivity contribution in [2.24, 2.45) is 11.8 Å². The molecule has 1 aromatic rings. The van der Waals surface area contributed by atoms with Crippen molar-refractivity contribution in [1.82, 2.24) is 4.90 Å². The third kappa shape index (κ3) is 5.09. The molecule has 35 heavy (non-hydrogen) atoms. The fourth-order valence-electron chi connectivity index (χ4n) is 4.54. The Kier molecular flexibility index (Phi) is 8.34. The van der Waals surface area contributed by atoms with Crippen molar-refractivity contribution in [3.05, 3.63) is 65.9 Å². The molecule has 1 fully saturated rings. The van der Waals surface area contributed by atoms with E-state index in [-0.39, 0.29) is 43.9 Å². The van der Waals surface area contributed by atoms with Crippen molar-refractivity contribution in [2.45, 2.75) is 39.5 Å². The van der Waals surface area contributed by atoms with Crippen molar-refractivity contribution >= 4 is 18.0 Å². The number of aliphatic hydroxyl groups is 1. The number of hydrogen-bond acceptors (Lipinski definition) is 8. The van der Waals surface area contributed by atoms with E-state index < -0.39 is 30.2 Å². The molecule has 0 radical (unpaired) electrons. The predicted molar refractivity (Wildman–Crippen MR) is 126 cm³/mol. The Morgan fingerprint density at radius 3 is 2.54 bits per heavy atom. The fraction of sp³-hybridized carbons (Fsp3) is 0.423. The number of ether oxygens (including phenoxy) is 4. The Morgan fingerprint density at radius 1 is 1.20 bits per heavy atom. The second-order valence-electron chi connectivity index (χ2n) is 8.43. The van der Waals surface area contributed by atoms with Gasteiger partial charge in [0.05, 0.1) is 18.6 Å². The zero-order valence-corrected chi connectivity index (χ0v) is 20.2. The van der Waals surface area contributed by atoms with Crippen LogP contribution in [0.1, 0.15) is 25.0 Å². The quantitative estimate of drug-likeness (QED) is 0.289. The van der Waals surface area contributed by atoms with Gasteiger partial charge in [-0.3, -0.25) is 4.79 Å². The SMILES string of the molecule is C=CCOC(=O)OC(C)C1C(=O)N2C(C(=O)OCC=C)=C(COc3cccc(CO)c3C)C(C)C12. The van der Waals surface area contributed by atoms with E-state index >= 15 is 0 Å². The van der Waals surface area contributed by atoms with E-state index in [1.165, 1.54) is 17.1 Å². The number of benzene rings is 1. The highest BCUT2D eigenvalue weighted by Gasteiger charge is 2.61. The summed E-state index contributed by atoms with van der Waals surface area (Å²) in [6.07, 6.45) is 1.20. The zero-order valence-electron chi connectivity index (χ0n) is 20.2. The summed E-state index contributed by atoms with van der Waals surface area (Å²) >= 11 is 0. The summed E-state index contributed by atoms with van der Waals surface area (Å²) in [5.74, 6) is -1.34. The van der Waals surface area contributed by atoms with Gasteiger partial charge in [-0.25, -0.2) is 9.59 Å². The Balaban J connectivity index is 1.84. The lowest BCUT2D eigenvalue weighted by atomic mass is 9.77. The first kappa shape index (κ1) is 26.0. The van der Waals surface area contributed by atoms with Crippen LogP contribution in [0.15, 0.2) is 54.8 Å². The van der Waals surface area contributed by atoms with Gasteiger partial charge in [0.25, 0.3) is 0 Å². The number of fused-ring (bicyclic) bond motifs is 1. The Morgan fingerprint density at radius 2 is 1.89 bits per heavy atom. The molecular weight excluding hydrogens is 454 g/mol. The molecule has 0 saturated carbocycles. The highest BCUT2D eigenvalue weighted by Crippen LogP contribution is 2.48. The highest BCUT2D eigenvalue weighted by molar-refractivity contribution is 6.01. The third-order valence-electron chi connectivity index (χ3n) is 6.38. The molecule has 1 N–H and O–H groups in total. The van der Waals surface area contributed by atoms with E-state index in [0.29, 0.717) is 11.3 Å². The molecule has 188 valence electrons. The molecule has 4 atom stereocenters. The minimum Gasteiger partial charge on any atom is -0.489 e. The average Bonchev–Trinajstić information content (AvgIpc) is 3.08. The number of nitrogens with zero attached hydrogens (tertiary/aromatic N) is 1. The Hall–Kier alpha value is -3.59. The van der Waals surface area contributed by atoms with Crippen LogP contribution in [-0.2, 0) is 30.4 Å². The molecule has 0 aliphatic carbocycles. The smallest absolute Gasteiger partial charge is 0.489 e. The number of β-lactam (4-membered cyclic amide) rings is 1. The predicted octanol–water partition coefficient (Wildman–Crippen LogP) is 3.05. The number of rotatable bonds is 11. The first-order valence-corrected chi connectivity index (χ1v) is 11.4. The van der Waals surface area contributed by atoms with E-state index in [1.807, 2.05) is 13.8 Å². The second-order valence-corrected chi connectivity index (χ2v) is 8.43. The van der Waals surface area contributed by atoms with E-state index in [0.717, 1.165) is 11.1 Å². The number of esters is 1. The largest absolute Gasteiger partial charge is 0.508 e. The van der Waals surface area contributed by atoms with Gasteiger partial charge in [-0.2, -0.15) is 0 Å². The molecule has 0 bridgehead atoms. The van der Waals surface area contributed by atoms with Crippen LogP contribution in [0, 0.1) is 18.8 Å². The summed E-state index contributed by atoms with van der Waals surface area (Å²) in [4.78, 5) is 39.3. The number of carbonyl (C=O) groups excluding carboxylic acids is 3. The summed E-state index contributed by atoms with van der Waals surface area (Å²) in [6, 6.07) is 4.95.